The average Bonchev–Trinajstić information content (AvgIpc) is 2.70. The zero-order chi connectivity index (χ0) is 12.5. The number of carbonyl (C=O) groups excluding carboxylic acids is 1. The fourth-order valence-electron chi connectivity index (χ4n) is 2.08. The van der Waals surface area contributed by atoms with Crippen LogP contribution >= 0.6 is 0 Å². The van der Waals surface area contributed by atoms with Crippen LogP contribution in [0.4, 0.5) is 0 Å². The number of aromatic nitrogens is 1. The molecule has 18 heavy (non-hydrogen) atoms. The molecule has 0 unspecified atom stereocenters. The second-order valence-electron chi connectivity index (χ2n) is 4.62. The Kier molecular flexibility index (Phi) is 2.76. The first-order chi connectivity index (χ1) is 8.75. The van der Waals surface area contributed by atoms with Gasteiger partial charge in [0, 0.05) is 25.5 Å². The van der Waals surface area contributed by atoms with Crippen LogP contribution in [-0.4, -0.2) is 42.1 Å². The summed E-state index contributed by atoms with van der Waals surface area (Å²) in [6, 6.07) is 7.92. The van der Waals surface area contributed by atoms with Crippen molar-refractivity contribution in [1.82, 2.24) is 15.4 Å². The molecule has 1 aromatic carbocycles. The van der Waals surface area contributed by atoms with Gasteiger partial charge in [0.25, 0.3) is 0 Å². The van der Waals surface area contributed by atoms with Crippen molar-refractivity contribution in [3.05, 3.63) is 30.0 Å². The molecule has 1 fully saturated rings. The van der Waals surface area contributed by atoms with Crippen LogP contribution in [0.15, 0.2) is 28.8 Å². The predicted molar refractivity (Wildman–Crippen MR) is 67.1 cm³/mol. The highest BCUT2D eigenvalue weighted by Gasteiger charge is 2.26. The Morgan fingerprint density at radius 3 is 3.00 bits per heavy atom. The first kappa shape index (κ1) is 11.2. The third-order valence-corrected chi connectivity index (χ3v) is 3.47. The maximum absolute atomic E-state index is 12.1. The lowest BCUT2D eigenvalue weighted by Gasteiger charge is -2.35. The van der Waals surface area contributed by atoms with Gasteiger partial charge in [-0.1, -0.05) is 17.3 Å². The van der Waals surface area contributed by atoms with E-state index < -0.39 is 0 Å². The van der Waals surface area contributed by atoms with Crippen LogP contribution in [0.2, 0.25) is 0 Å². The Labute approximate surface area is 105 Å². The van der Waals surface area contributed by atoms with E-state index in [-0.39, 0.29) is 5.91 Å². The lowest BCUT2D eigenvalue weighted by atomic mass is 10.1. The third-order valence-electron chi connectivity index (χ3n) is 3.47. The summed E-state index contributed by atoms with van der Waals surface area (Å²) in [6.07, 6.45) is 0.296. The monoisotopic (exact) mass is 245 g/mol. The summed E-state index contributed by atoms with van der Waals surface area (Å²) in [5.41, 5.74) is 1.45. The van der Waals surface area contributed by atoms with Crippen molar-refractivity contribution < 1.29 is 9.32 Å². The number of nitrogens with zero attached hydrogens (tertiary/aromatic N) is 2. The summed E-state index contributed by atoms with van der Waals surface area (Å²) in [5.74, 6) is 0.0838. The van der Waals surface area contributed by atoms with E-state index in [0.717, 1.165) is 29.8 Å². The largest absolute Gasteiger partial charge is 0.356 e. The van der Waals surface area contributed by atoms with Crippen LogP contribution in [0, 0.1) is 0 Å². The predicted octanol–water partition coefficient (Wildman–Crippen LogP) is 0.800. The molecule has 2 heterocycles. The fraction of sp³-hybridized carbons (Fsp3) is 0.385. The molecule has 0 atom stereocenters. The second-order valence-corrected chi connectivity index (χ2v) is 4.62. The van der Waals surface area contributed by atoms with Gasteiger partial charge < -0.3 is 14.7 Å². The smallest absolute Gasteiger partial charge is 0.228 e. The van der Waals surface area contributed by atoms with Gasteiger partial charge in [-0.15, -0.1) is 0 Å². The van der Waals surface area contributed by atoms with E-state index >= 15 is 0 Å². The van der Waals surface area contributed by atoms with Crippen molar-refractivity contribution in [3.63, 3.8) is 0 Å². The summed E-state index contributed by atoms with van der Waals surface area (Å²) >= 11 is 0. The quantitative estimate of drug-likeness (QED) is 0.869. The van der Waals surface area contributed by atoms with Gasteiger partial charge in [-0.2, -0.15) is 0 Å². The van der Waals surface area contributed by atoms with E-state index in [1.165, 1.54) is 0 Å². The number of likely N-dealkylation sites (N-methyl/N-ethyl adjacent to an activating group) is 1. The molecule has 5 nitrogen and oxygen atoms in total. The Hall–Kier alpha value is -1.88. The van der Waals surface area contributed by atoms with Crippen molar-refractivity contribution in [2.75, 3.05) is 20.1 Å². The highest BCUT2D eigenvalue weighted by atomic mass is 16.5. The minimum atomic E-state index is 0.0838. The topological polar surface area (TPSA) is 58.4 Å². The van der Waals surface area contributed by atoms with Crippen molar-refractivity contribution in [3.8, 4) is 0 Å². The first-order valence-corrected chi connectivity index (χ1v) is 6.05. The number of nitrogens with one attached hydrogen (secondary N) is 1. The maximum Gasteiger partial charge on any atom is 0.228 e. The number of benzene rings is 1. The molecule has 5 heteroatoms. The lowest BCUT2D eigenvalue weighted by Crippen LogP contribution is -2.57. The summed E-state index contributed by atoms with van der Waals surface area (Å²) in [7, 11) is 1.84. The number of hydrogen-bond acceptors (Lipinski definition) is 4. The van der Waals surface area contributed by atoms with E-state index in [2.05, 4.69) is 10.5 Å². The molecule has 3 rings (SSSR count). The van der Waals surface area contributed by atoms with Crippen LogP contribution in [-0.2, 0) is 11.2 Å². The number of carbonyl (C=O) groups is 1. The molecule has 1 aromatic heterocycles. The molecular weight excluding hydrogens is 230 g/mol. The Morgan fingerprint density at radius 2 is 2.28 bits per heavy atom. The van der Waals surface area contributed by atoms with Gasteiger partial charge in [0.15, 0.2) is 5.58 Å². The van der Waals surface area contributed by atoms with Gasteiger partial charge >= 0.3 is 0 Å². The van der Waals surface area contributed by atoms with Gasteiger partial charge in [-0.25, -0.2) is 0 Å². The minimum Gasteiger partial charge on any atom is -0.356 e. The fourth-order valence-corrected chi connectivity index (χ4v) is 2.08. The van der Waals surface area contributed by atoms with Gasteiger partial charge in [0.2, 0.25) is 5.91 Å². The van der Waals surface area contributed by atoms with Gasteiger partial charge in [-0.3, -0.25) is 4.79 Å². The molecule has 1 N–H and O–H groups in total. The number of hydrogen-bond donors (Lipinski definition) is 1. The molecule has 0 bridgehead atoms. The number of para-hydroxylation sites is 1. The van der Waals surface area contributed by atoms with Crippen molar-refractivity contribution >= 4 is 16.9 Å². The van der Waals surface area contributed by atoms with E-state index in [1.54, 1.807) is 4.90 Å². The first-order valence-electron chi connectivity index (χ1n) is 6.05. The van der Waals surface area contributed by atoms with Crippen LogP contribution in [0.3, 0.4) is 0 Å². The van der Waals surface area contributed by atoms with Crippen LogP contribution in [0.1, 0.15) is 5.69 Å². The van der Waals surface area contributed by atoms with Crippen molar-refractivity contribution in [1.29, 1.82) is 0 Å². The van der Waals surface area contributed by atoms with Gasteiger partial charge in [0.05, 0.1) is 12.5 Å². The van der Waals surface area contributed by atoms with Crippen molar-refractivity contribution in [2.24, 2.45) is 0 Å². The van der Waals surface area contributed by atoms with E-state index in [0.29, 0.717) is 12.5 Å². The lowest BCUT2D eigenvalue weighted by molar-refractivity contribution is -0.132. The standard InChI is InChI=1S/C13H15N3O2/c1-16(9-7-14-8-9)13(17)6-11-10-4-2-3-5-12(10)18-15-11/h2-5,9,14H,6-8H2,1H3. The Balaban J connectivity index is 1.77. The minimum absolute atomic E-state index is 0.0838. The zero-order valence-electron chi connectivity index (χ0n) is 10.2. The van der Waals surface area contributed by atoms with Crippen molar-refractivity contribution in [2.45, 2.75) is 12.5 Å². The molecule has 1 saturated heterocycles. The zero-order valence-corrected chi connectivity index (χ0v) is 10.2. The van der Waals surface area contributed by atoms with Crippen LogP contribution in [0.5, 0.6) is 0 Å². The second kappa shape index (κ2) is 4.42. The summed E-state index contributed by atoms with van der Waals surface area (Å²) in [4.78, 5) is 13.9. The van der Waals surface area contributed by atoms with Crippen LogP contribution in [0.25, 0.3) is 11.0 Å². The molecule has 0 saturated carbocycles. The summed E-state index contributed by atoms with van der Waals surface area (Å²) in [6.45, 7) is 1.75. The highest BCUT2D eigenvalue weighted by Crippen LogP contribution is 2.19. The van der Waals surface area contributed by atoms with Gasteiger partial charge in [0.1, 0.15) is 5.69 Å². The molecule has 1 aliphatic heterocycles. The van der Waals surface area contributed by atoms with E-state index in [1.807, 2.05) is 31.3 Å². The Bertz CT molecular complexity index is 574. The van der Waals surface area contributed by atoms with Crippen LogP contribution < -0.4 is 5.32 Å². The molecule has 0 aliphatic carbocycles. The van der Waals surface area contributed by atoms with E-state index in [4.69, 9.17) is 4.52 Å². The number of fused-ring (bicyclic) bond motifs is 1. The molecule has 1 aliphatic rings. The van der Waals surface area contributed by atoms with Gasteiger partial charge in [-0.05, 0) is 12.1 Å². The molecule has 1 amide bonds. The number of rotatable bonds is 3. The summed E-state index contributed by atoms with van der Waals surface area (Å²) < 4.78 is 5.20. The molecule has 0 radical (unpaired) electrons. The Morgan fingerprint density at radius 1 is 1.50 bits per heavy atom. The number of amides is 1. The normalized spacial score (nSPS) is 15.6. The molecule has 94 valence electrons. The molecule has 0 spiro atoms. The van der Waals surface area contributed by atoms with E-state index in [9.17, 15) is 4.79 Å². The molecular formula is C13H15N3O2. The third kappa shape index (κ3) is 1.86. The average molecular weight is 245 g/mol. The molecule has 2 aromatic rings. The summed E-state index contributed by atoms with van der Waals surface area (Å²) in [5, 5.41) is 8.06. The SMILES string of the molecule is CN(C(=O)Cc1noc2ccccc12)C1CNC1. The maximum atomic E-state index is 12.1. The highest BCUT2D eigenvalue weighted by molar-refractivity contribution is 5.86.